The summed E-state index contributed by atoms with van der Waals surface area (Å²) in [5.41, 5.74) is 4.39. The van der Waals surface area contributed by atoms with Gasteiger partial charge in [-0.25, -0.2) is 0 Å². The number of H-pyrrole nitrogens is 2. The van der Waals surface area contributed by atoms with Crippen molar-refractivity contribution in [1.29, 1.82) is 0 Å². The zero-order valence-electron chi connectivity index (χ0n) is 12.7. The molecule has 2 heteroatoms. The van der Waals surface area contributed by atoms with E-state index in [4.69, 9.17) is 0 Å². The van der Waals surface area contributed by atoms with Gasteiger partial charge < -0.3 is 9.97 Å². The number of benzene rings is 2. The Morgan fingerprint density at radius 1 is 0.478 bits per heavy atom. The predicted octanol–water partition coefficient (Wildman–Crippen LogP) is 4.73. The third kappa shape index (κ3) is 2.11. The van der Waals surface area contributed by atoms with E-state index >= 15 is 0 Å². The van der Waals surface area contributed by atoms with Crippen molar-refractivity contribution in [1.82, 2.24) is 9.97 Å². The second kappa shape index (κ2) is 5.65. The first-order chi connectivity index (χ1) is 11.4. The van der Waals surface area contributed by atoms with E-state index in [0.717, 1.165) is 11.4 Å². The van der Waals surface area contributed by atoms with E-state index < -0.39 is 0 Å². The maximum absolute atomic E-state index is 3.44. The smallest absolute Gasteiger partial charge is 0.100 e. The molecule has 4 rings (SSSR count). The molecule has 2 aromatic heterocycles. The molecule has 0 saturated heterocycles. The predicted molar refractivity (Wildman–Crippen MR) is 93.5 cm³/mol. The first-order valence-electron chi connectivity index (χ1n) is 7.81. The minimum absolute atomic E-state index is 0.379. The van der Waals surface area contributed by atoms with Crippen molar-refractivity contribution in [2.24, 2.45) is 0 Å². The average Bonchev–Trinajstić information content (AvgIpc) is 3.32. The number of aromatic amines is 2. The normalized spacial score (nSPS) is 11.5. The molecule has 0 aliphatic carbocycles. The molecule has 0 spiro atoms. The summed E-state index contributed by atoms with van der Waals surface area (Å²) in [6.45, 7) is 0. The van der Waals surface area contributed by atoms with Crippen LogP contribution in [0.1, 0.15) is 22.5 Å². The van der Waals surface area contributed by atoms with Crippen LogP contribution in [0.3, 0.4) is 0 Å². The molecule has 23 heavy (non-hydrogen) atoms. The van der Waals surface area contributed by atoms with Crippen molar-refractivity contribution in [2.75, 3.05) is 0 Å². The van der Waals surface area contributed by atoms with E-state index in [0.29, 0.717) is 0 Å². The number of nitrogens with one attached hydrogen (secondary N) is 2. The standard InChI is InChI=1S/C21H18N2/c1-3-9-17(10-4-1)21(19-13-7-15-22-19,20-14-8-16-23-20)18-11-5-2-6-12-18/h1-16,22-23H. The van der Waals surface area contributed by atoms with E-state index in [1.165, 1.54) is 11.1 Å². The highest BCUT2D eigenvalue weighted by atomic mass is 14.8. The average molecular weight is 298 g/mol. The molecule has 112 valence electrons. The first-order valence-corrected chi connectivity index (χ1v) is 7.81. The summed E-state index contributed by atoms with van der Waals surface area (Å²) < 4.78 is 0. The molecule has 2 aromatic carbocycles. The van der Waals surface area contributed by atoms with Gasteiger partial charge in [0.25, 0.3) is 0 Å². The molecule has 2 nitrogen and oxygen atoms in total. The molecular formula is C21H18N2. The largest absolute Gasteiger partial charge is 0.364 e. The van der Waals surface area contributed by atoms with Gasteiger partial charge in [-0.1, -0.05) is 60.7 Å². The molecular weight excluding hydrogens is 280 g/mol. The quantitative estimate of drug-likeness (QED) is 0.546. The Balaban J connectivity index is 2.11. The van der Waals surface area contributed by atoms with Crippen LogP contribution in [0.15, 0.2) is 97.3 Å². The second-order valence-electron chi connectivity index (χ2n) is 5.65. The topological polar surface area (TPSA) is 31.6 Å². The Labute approximate surface area is 135 Å². The van der Waals surface area contributed by atoms with E-state index in [2.05, 4.69) is 94.9 Å². The fourth-order valence-corrected chi connectivity index (χ4v) is 3.44. The van der Waals surface area contributed by atoms with Crippen LogP contribution in [-0.2, 0) is 5.41 Å². The third-order valence-corrected chi connectivity index (χ3v) is 4.42. The van der Waals surface area contributed by atoms with E-state index in [1.54, 1.807) is 0 Å². The summed E-state index contributed by atoms with van der Waals surface area (Å²) in [5, 5.41) is 0. The van der Waals surface area contributed by atoms with Crippen LogP contribution in [0.5, 0.6) is 0 Å². The van der Waals surface area contributed by atoms with Gasteiger partial charge in [-0.2, -0.15) is 0 Å². The van der Waals surface area contributed by atoms with Crippen molar-refractivity contribution in [3.63, 3.8) is 0 Å². The molecule has 0 aliphatic rings. The molecule has 0 fully saturated rings. The van der Waals surface area contributed by atoms with Gasteiger partial charge in [0.05, 0.1) is 0 Å². The highest BCUT2D eigenvalue weighted by Gasteiger charge is 2.39. The molecule has 0 aliphatic heterocycles. The fraction of sp³-hybridized carbons (Fsp3) is 0.0476. The molecule has 0 atom stereocenters. The lowest BCUT2D eigenvalue weighted by atomic mass is 9.69. The van der Waals surface area contributed by atoms with Crippen LogP contribution in [0.25, 0.3) is 0 Å². The number of hydrogen-bond donors (Lipinski definition) is 2. The van der Waals surface area contributed by atoms with Gasteiger partial charge >= 0.3 is 0 Å². The molecule has 2 N–H and O–H groups in total. The highest BCUT2D eigenvalue weighted by molar-refractivity contribution is 5.56. The first kappa shape index (κ1) is 13.6. The van der Waals surface area contributed by atoms with Crippen molar-refractivity contribution in [3.05, 3.63) is 120 Å². The molecule has 4 aromatic rings. The van der Waals surface area contributed by atoms with Gasteiger partial charge in [0, 0.05) is 23.8 Å². The Morgan fingerprint density at radius 3 is 1.26 bits per heavy atom. The summed E-state index contributed by atoms with van der Waals surface area (Å²) in [6, 6.07) is 29.7. The zero-order chi connectivity index (χ0) is 15.5. The van der Waals surface area contributed by atoms with E-state index in [9.17, 15) is 0 Å². The van der Waals surface area contributed by atoms with Crippen LogP contribution < -0.4 is 0 Å². The summed E-state index contributed by atoms with van der Waals surface area (Å²) in [6.07, 6.45) is 3.97. The Kier molecular flexibility index (Phi) is 3.35. The lowest BCUT2D eigenvalue weighted by molar-refractivity contribution is 0.698. The molecule has 0 unspecified atom stereocenters. The zero-order valence-corrected chi connectivity index (χ0v) is 12.7. The van der Waals surface area contributed by atoms with Gasteiger partial charge in [0.2, 0.25) is 0 Å². The second-order valence-corrected chi connectivity index (χ2v) is 5.65. The van der Waals surface area contributed by atoms with Crippen molar-refractivity contribution in [3.8, 4) is 0 Å². The summed E-state index contributed by atoms with van der Waals surface area (Å²) in [5.74, 6) is 0. The van der Waals surface area contributed by atoms with Crippen molar-refractivity contribution < 1.29 is 0 Å². The van der Waals surface area contributed by atoms with E-state index in [-0.39, 0.29) is 5.41 Å². The van der Waals surface area contributed by atoms with Crippen LogP contribution in [0.2, 0.25) is 0 Å². The van der Waals surface area contributed by atoms with Gasteiger partial charge in [-0.05, 0) is 35.4 Å². The SMILES string of the molecule is c1ccc(C(c2ccccc2)(c2ccc[nH]2)c2ccc[nH]2)cc1. The number of hydrogen-bond acceptors (Lipinski definition) is 0. The Bertz CT molecular complexity index is 769. The molecule has 0 bridgehead atoms. The summed E-state index contributed by atoms with van der Waals surface area (Å²) in [4.78, 5) is 6.89. The maximum Gasteiger partial charge on any atom is 0.100 e. The van der Waals surface area contributed by atoms with Crippen LogP contribution in [0, 0.1) is 0 Å². The van der Waals surface area contributed by atoms with E-state index in [1.807, 2.05) is 12.4 Å². The maximum atomic E-state index is 3.44. The third-order valence-electron chi connectivity index (χ3n) is 4.42. The monoisotopic (exact) mass is 298 g/mol. The minimum Gasteiger partial charge on any atom is -0.364 e. The summed E-state index contributed by atoms with van der Waals surface area (Å²) in [7, 11) is 0. The molecule has 0 saturated carbocycles. The molecule has 0 amide bonds. The molecule has 0 radical (unpaired) electrons. The number of rotatable bonds is 4. The lowest BCUT2D eigenvalue weighted by Gasteiger charge is -2.34. The van der Waals surface area contributed by atoms with Gasteiger partial charge in [-0.15, -0.1) is 0 Å². The van der Waals surface area contributed by atoms with Gasteiger partial charge in [-0.3, -0.25) is 0 Å². The van der Waals surface area contributed by atoms with Crippen LogP contribution in [-0.4, -0.2) is 9.97 Å². The van der Waals surface area contributed by atoms with Gasteiger partial charge in [0.1, 0.15) is 5.41 Å². The molecule has 2 heterocycles. The van der Waals surface area contributed by atoms with Crippen molar-refractivity contribution >= 4 is 0 Å². The Hall–Kier alpha value is -3.00. The number of aromatic nitrogens is 2. The van der Waals surface area contributed by atoms with Crippen LogP contribution >= 0.6 is 0 Å². The van der Waals surface area contributed by atoms with Crippen LogP contribution in [0.4, 0.5) is 0 Å². The van der Waals surface area contributed by atoms with Gasteiger partial charge in [0.15, 0.2) is 0 Å². The highest BCUT2D eigenvalue weighted by Crippen LogP contribution is 2.43. The fourth-order valence-electron chi connectivity index (χ4n) is 3.44. The Morgan fingerprint density at radius 2 is 0.913 bits per heavy atom. The van der Waals surface area contributed by atoms with Crippen molar-refractivity contribution in [2.45, 2.75) is 5.41 Å². The lowest BCUT2D eigenvalue weighted by Crippen LogP contribution is -2.31. The minimum atomic E-state index is -0.379. The summed E-state index contributed by atoms with van der Waals surface area (Å²) >= 11 is 0.